The van der Waals surface area contributed by atoms with Crippen LogP contribution in [-0.2, 0) is 15.7 Å². The number of halogens is 4. The number of rotatable bonds is 8. The van der Waals surface area contributed by atoms with E-state index in [4.69, 9.17) is 16.3 Å². The molecule has 1 fully saturated rings. The van der Waals surface area contributed by atoms with Crippen LogP contribution >= 0.6 is 11.6 Å². The number of pyridine rings is 1. The first-order chi connectivity index (χ1) is 20.3. The Bertz CT molecular complexity index is 1660. The first-order valence-electron chi connectivity index (χ1n) is 13.4. The predicted molar refractivity (Wildman–Crippen MR) is 152 cm³/mol. The number of ether oxygens (including phenoxy) is 1. The number of nitrogens with one attached hydrogen (secondary N) is 3. The second-order valence-electron chi connectivity index (χ2n) is 10.7. The Morgan fingerprint density at radius 3 is 2.47 bits per heavy atom. The minimum atomic E-state index is -4.83. The number of anilines is 3. The number of hydrogen-bond acceptors (Lipinski definition) is 7. The first-order valence-corrected chi connectivity index (χ1v) is 13.8. The van der Waals surface area contributed by atoms with Crippen molar-refractivity contribution in [2.75, 3.05) is 23.1 Å². The maximum Gasteiger partial charge on any atom is 0.420 e. The molecule has 0 unspecified atom stereocenters. The smallest absolute Gasteiger partial charge is 0.375 e. The van der Waals surface area contributed by atoms with Gasteiger partial charge >= 0.3 is 12.2 Å². The molecule has 1 atom stereocenters. The topological polar surface area (TPSA) is 140 Å². The number of amides is 3. The van der Waals surface area contributed by atoms with Crippen LogP contribution in [0.2, 0.25) is 5.15 Å². The van der Waals surface area contributed by atoms with E-state index in [0.717, 1.165) is 29.8 Å². The molecule has 4 heterocycles. The van der Waals surface area contributed by atoms with Gasteiger partial charge in [-0.25, -0.2) is 24.0 Å². The van der Waals surface area contributed by atoms with E-state index >= 15 is 0 Å². The minimum Gasteiger partial charge on any atom is -0.375 e. The second-order valence-corrected chi connectivity index (χ2v) is 11.1. The molecule has 1 saturated carbocycles. The molecule has 5 rings (SSSR count). The summed E-state index contributed by atoms with van der Waals surface area (Å²) in [6.45, 7) is 5.93. The standard InChI is InChI=1S/C27H29ClF3N9O3/c1-13(2)15-5-16(6-15)25(41)35-18-10-34-39(12-18)24-19(27(29,30)31)7-17(9-33-24)36-26(42)37-20-11-32-22-8-21(28)38-40(22)23(20)14(3)43-4/h7-16H,5-6H2,1-4H3,(H,35,41)(H2,36,37,42)/t14-,15?,16?/m0/s1. The van der Waals surface area contributed by atoms with Gasteiger partial charge in [-0.2, -0.15) is 23.4 Å². The largest absolute Gasteiger partial charge is 0.420 e. The van der Waals surface area contributed by atoms with E-state index in [1.165, 1.54) is 36.3 Å². The Morgan fingerprint density at radius 2 is 1.79 bits per heavy atom. The molecule has 0 aliphatic heterocycles. The molecule has 1 aliphatic carbocycles. The van der Waals surface area contributed by atoms with E-state index in [-0.39, 0.29) is 34.0 Å². The predicted octanol–water partition coefficient (Wildman–Crippen LogP) is 5.95. The van der Waals surface area contributed by atoms with Crippen molar-refractivity contribution in [3.05, 3.63) is 53.3 Å². The molecule has 0 bridgehead atoms. The highest BCUT2D eigenvalue weighted by molar-refractivity contribution is 6.29. The van der Waals surface area contributed by atoms with E-state index in [1.54, 1.807) is 6.92 Å². The summed E-state index contributed by atoms with van der Waals surface area (Å²) in [5.74, 6) is 0.114. The van der Waals surface area contributed by atoms with Crippen molar-refractivity contribution in [2.45, 2.75) is 45.9 Å². The Hall–Kier alpha value is -4.24. The van der Waals surface area contributed by atoms with Crippen LogP contribution in [0.1, 0.15) is 51.0 Å². The van der Waals surface area contributed by atoms with E-state index in [1.807, 2.05) is 0 Å². The molecule has 43 heavy (non-hydrogen) atoms. The van der Waals surface area contributed by atoms with Gasteiger partial charge in [0.1, 0.15) is 5.56 Å². The third kappa shape index (κ3) is 6.41. The number of carbonyl (C=O) groups excluding carboxylic acids is 2. The molecule has 3 N–H and O–H groups in total. The van der Waals surface area contributed by atoms with Gasteiger partial charge in [0, 0.05) is 19.1 Å². The average Bonchev–Trinajstić information content (AvgIpc) is 3.52. The van der Waals surface area contributed by atoms with E-state index in [9.17, 15) is 22.8 Å². The van der Waals surface area contributed by atoms with Gasteiger partial charge in [0.15, 0.2) is 16.6 Å². The molecule has 16 heteroatoms. The number of carbonyl (C=O) groups is 2. The molecule has 0 spiro atoms. The Morgan fingerprint density at radius 1 is 1.05 bits per heavy atom. The van der Waals surface area contributed by atoms with Crippen molar-refractivity contribution in [3.63, 3.8) is 0 Å². The zero-order valence-electron chi connectivity index (χ0n) is 23.6. The second kappa shape index (κ2) is 11.8. The normalized spacial score (nSPS) is 17.5. The zero-order valence-corrected chi connectivity index (χ0v) is 24.4. The molecule has 1 aliphatic rings. The van der Waals surface area contributed by atoms with Crippen molar-refractivity contribution >= 4 is 46.2 Å². The first kappa shape index (κ1) is 30.2. The van der Waals surface area contributed by atoms with Crippen LogP contribution in [-0.4, -0.2) is 48.4 Å². The summed E-state index contributed by atoms with van der Waals surface area (Å²) in [5.41, 5.74) is -0.0946. The fourth-order valence-electron chi connectivity index (χ4n) is 4.89. The molecule has 12 nitrogen and oxygen atoms in total. The summed E-state index contributed by atoms with van der Waals surface area (Å²) in [6.07, 6.45) is 1.11. The summed E-state index contributed by atoms with van der Waals surface area (Å²) in [6, 6.07) is 1.41. The maximum atomic E-state index is 14.1. The van der Waals surface area contributed by atoms with Gasteiger partial charge in [0.2, 0.25) is 5.91 Å². The molecule has 228 valence electrons. The number of methoxy groups -OCH3 is 1. The molecule has 0 aromatic carbocycles. The van der Waals surface area contributed by atoms with Crippen LogP contribution < -0.4 is 16.0 Å². The Kier molecular flexibility index (Phi) is 8.29. The number of aromatic nitrogens is 6. The number of alkyl halides is 3. The average molecular weight is 620 g/mol. The monoisotopic (exact) mass is 619 g/mol. The maximum absolute atomic E-state index is 14.1. The number of nitrogens with zero attached hydrogens (tertiary/aromatic N) is 6. The third-order valence-corrected chi connectivity index (χ3v) is 7.65. The van der Waals surface area contributed by atoms with Gasteiger partial charge in [-0.05, 0) is 37.7 Å². The van der Waals surface area contributed by atoms with Crippen molar-refractivity contribution in [3.8, 4) is 5.82 Å². The number of hydrogen-bond donors (Lipinski definition) is 3. The summed E-state index contributed by atoms with van der Waals surface area (Å²) in [5, 5.41) is 15.9. The minimum absolute atomic E-state index is 0.139. The molecular weight excluding hydrogens is 591 g/mol. The lowest BCUT2D eigenvalue weighted by molar-refractivity contribution is -0.137. The lowest BCUT2D eigenvalue weighted by Crippen LogP contribution is -2.36. The van der Waals surface area contributed by atoms with Crippen LogP contribution in [0, 0.1) is 17.8 Å². The summed E-state index contributed by atoms with van der Waals surface area (Å²) in [7, 11) is 1.46. The van der Waals surface area contributed by atoms with E-state index in [2.05, 4.69) is 50.0 Å². The van der Waals surface area contributed by atoms with Gasteiger partial charge in [0.05, 0.1) is 53.6 Å². The SMILES string of the molecule is CO[C@@H](C)c1c(NC(=O)Nc2cnc(-n3cc(NC(=O)C4CC(C(C)C)C4)cn3)c(C(F)(F)F)c2)cnc2cc(Cl)nn12. The van der Waals surface area contributed by atoms with Crippen molar-refractivity contribution in [1.82, 2.24) is 29.4 Å². The van der Waals surface area contributed by atoms with Gasteiger partial charge in [-0.15, -0.1) is 0 Å². The highest BCUT2D eigenvalue weighted by Crippen LogP contribution is 2.39. The highest BCUT2D eigenvalue weighted by atomic mass is 35.5. The van der Waals surface area contributed by atoms with Crippen LogP contribution in [0.5, 0.6) is 0 Å². The van der Waals surface area contributed by atoms with Gasteiger partial charge in [-0.1, -0.05) is 25.4 Å². The number of fused-ring (bicyclic) bond motifs is 1. The Labute approximate surface area is 249 Å². The van der Waals surface area contributed by atoms with Crippen LogP contribution in [0.3, 0.4) is 0 Å². The molecule has 4 aromatic heterocycles. The molecular formula is C27H29ClF3N9O3. The van der Waals surface area contributed by atoms with Crippen LogP contribution in [0.4, 0.5) is 35.0 Å². The Balaban J connectivity index is 1.33. The summed E-state index contributed by atoms with van der Waals surface area (Å²) in [4.78, 5) is 33.5. The molecule has 3 amide bonds. The molecule has 0 saturated heterocycles. The van der Waals surface area contributed by atoms with Gasteiger partial charge in [0.25, 0.3) is 0 Å². The van der Waals surface area contributed by atoms with E-state index < -0.39 is 29.7 Å². The lowest BCUT2D eigenvalue weighted by Gasteiger charge is -2.36. The van der Waals surface area contributed by atoms with Crippen molar-refractivity contribution in [2.24, 2.45) is 17.8 Å². The molecule has 4 aromatic rings. The fourth-order valence-corrected chi connectivity index (χ4v) is 5.07. The molecule has 0 radical (unpaired) electrons. The zero-order chi connectivity index (χ0) is 31.1. The van der Waals surface area contributed by atoms with Crippen LogP contribution in [0.15, 0.2) is 36.9 Å². The van der Waals surface area contributed by atoms with Crippen LogP contribution in [0.25, 0.3) is 11.5 Å². The van der Waals surface area contributed by atoms with Gasteiger partial charge in [-0.3, -0.25) is 4.79 Å². The fraction of sp³-hybridized carbons (Fsp3) is 0.407. The third-order valence-electron chi connectivity index (χ3n) is 7.46. The highest BCUT2D eigenvalue weighted by Gasteiger charge is 2.37. The van der Waals surface area contributed by atoms with E-state index in [0.29, 0.717) is 23.2 Å². The quantitative estimate of drug-likeness (QED) is 0.221. The summed E-state index contributed by atoms with van der Waals surface area (Å²) < 4.78 is 50.0. The van der Waals surface area contributed by atoms with Crippen molar-refractivity contribution in [1.29, 1.82) is 0 Å². The van der Waals surface area contributed by atoms with Crippen molar-refractivity contribution < 1.29 is 27.5 Å². The van der Waals surface area contributed by atoms with Gasteiger partial charge < -0.3 is 20.7 Å². The number of urea groups is 1. The summed E-state index contributed by atoms with van der Waals surface area (Å²) >= 11 is 6.00. The lowest BCUT2D eigenvalue weighted by atomic mass is 9.69.